The SMILES string of the molecule is Cc1cccc(C(=O)Nc2ccc3nc(N4CCOCC4)sc3c2)c1. The van der Waals surface area contributed by atoms with Crippen molar-refractivity contribution in [2.45, 2.75) is 6.92 Å². The van der Waals surface area contributed by atoms with Crippen LogP contribution < -0.4 is 10.2 Å². The highest BCUT2D eigenvalue weighted by atomic mass is 32.1. The Morgan fingerprint density at radius 2 is 2.04 bits per heavy atom. The molecule has 1 aliphatic rings. The van der Waals surface area contributed by atoms with E-state index in [0.29, 0.717) is 5.56 Å². The molecule has 1 N–H and O–H groups in total. The molecule has 0 unspecified atom stereocenters. The fourth-order valence-electron chi connectivity index (χ4n) is 2.87. The number of nitrogens with one attached hydrogen (secondary N) is 1. The second-order valence-electron chi connectivity index (χ2n) is 6.10. The van der Waals surface area contributed by atoms with E-state index in [0.717, 1.165) is 52.9 Å². The highest BCUT2D eigenvalue weighted by Gasteiger charge is 2.16. The molecule has 4 rings (SSSR count). The van der Waals surface area contributed by atoms with Crippen molar-refractivity contribution in [2.24, 2.45) is 0 Å². The standard InChI is InChI=1S/C19H19N3O2S/c1-13-3-2-4-14(11-13)18(23)20-15-5-6-16-17(12-15)25-19(21-16)22-7-9-24-10-8-22/h2-6,11-12H,7-10H2,1H3,(H,20,23). The lowest BCUT2D eigenvalue weighted by atomic mass is 10.1. The van der Waals surface area contributed by atoms with Crippen molar-refractivity contribution in [3.63, 3.8) is 0 Å². The first-order valence-electron chi connectivity index (χ1n) is 8.30. The number of anilines is 2. The minimum absolute atomic E-state index is 0.0963. The normalized spacial score (nSPS) is 14.7. The zero-order chi connectivity index (χ0) is 17.2. The van der Waals surface area contributed by atoms with Gasteiger partial charge in [-0.1, -0.05) is 29.0 Å². The van der Waals surface area contributed by atoms with E-state index < -0.39 is 0 Å². The molecule has 128 valence electrons. The minimum Gasteiger partial charge on any atom is -0.378 e. The maximum absolute atomic E-state index is 12.4. The Balaban J connectivity index is 1.55. The zero-order valence-corrected chi connectivity index (χ0v) is 14.8. The second-order valence-corrected chi connectivity index (χ2v) is 7.11. The molecule has 0 saturated carbocycles. The number of thiazole rings is 1. The third kappa shape index (κ3) is 3.50. The summed E-state index contributed by atoms with van der Waals surface area (Å²) in [5.74, 6) is -0.0963. The summed E-state index contributed by atoms with van der Waals surface area (Å²) < 4.78 is 6.47. The van der Waals surface area contributed by atoms with Crippen molar-refractivity contribution < 1.29 is 9.53 Å². The molecule has 5 nitrogen and oxygen atoms in total. The molecule has 25 heavy (non-hydrogen) atoms. The Morgan fingerprint density at radius 1 is 1.20 bits per heavy atom. The number of carbonyl (C=O) groups excluding carboxylic acids is 1. The highest BCUT2D eigenvalue weighted by Crippen LogP contribution is 2.31. The summed E-state index contributed by atoms with van der Waals surface area (Å²) in [5, 5.41) is 3.99. The first-order chi connectivity index (χ1) is 12.2. The van der Waals surface area contributed by atoms with Gasteiger partial charge >= 0.3 is 0 Å². The molecule has 2 heterocycles. The number of carbonyl (C=O) groups is 1. The van der Waals surface area contributed by atoms with Gasteiger partial charge in [-0.25, -0.2) is 4.98 Å². The van der Waals surface area contributed by atoms with E-state index in [2.05, 4.69) is 10.2 Å². The number of aryl methyl sites for hydroxylation is 1. The van der Waals surface area contributed by atoms with Gasteiger partial charge in [-0.3, -0.25) is 4.79 Å². The average Bonchev–Trinajstić information content (AvgIpc) is 3.06. The monoisotopic (exact) mass is 353 g/mol. The third-order valence-electron chi connectivity index (χ3n) is 4.20. The van der Waals surface area contributed by atoms with Gasteiger partial charge in [0.2, 0.25) is 0 Å². The van der Waals surface area contributed by atoms with Crippen molar-refractivity contribution in [1.29, 1.82) is 0 Å². The molecule has 3 aromatic rings. The summed E-state index contributed by atoms with van der Waals surface area (Å²) in [6.07, 6.45) is 0. The Bertz CT molecular complexity index is 916. The van der Waals surface area contributed by atoms with E-state index in [1.54, 1.807) is 11.3 Å². The van der Waals surface area contributed by atoms with E-state index >= 15 is 0 Å². The number of ether oxygens (including phenoxy) is 1. The van der Waals surface area contributed by atoms with Crippen LogP contribution in [0.15, 0.2) is 42.5 Å². The van der Waals surface area contributed by atoms with Crippen LogP contribution in [0, 0.1) is 6.92 Å². The van der Waals surface area contributed by atoms with Crippen molar-refractivity contribution in [3.8, 4) is 0 Å². The first kappa shape index (κ1) is 16.1. The molecule has 0 radical (unpaired) electrons. The molecule has 0 spiro atoms. The molecule has 2 aromatic carbocycles. The van der Waals surface area contributed by atoms with Gasteiger partial charge < -0.3 is 15.0 Å². The van der Waals surface area contributed by atoms with E-state index in [9.17, 15) is 4.79 Å². The predicted molar refractivity (Wildman–Crippen MR) is 102 cm³/mol. The van der Waals surface area contributed by atoms with E-state index in [4.69, 9.17) is 9.72 Å². The van der Waals surface area contributed by atoms with Gasteiger partial charge in [0.25, 0.3) is 5.91 Å². The number of morpholine rings is 1. The van der Waals surface area contributed by atoms with E-state index in [-0.39, 0.29) is 5.91 Å². The molecular weight excluding hydrogens is 334 g/mol. The van der Waals surface area contributed by atoms with Gasteiger partial charge in [0, 0.05) is 24.3 Å². The molecule has 1 fully saturated rings. The van der Waals surface area contributed by atoms with Crippen LogP contribution in [0.3, 0.4) is 0 Å². The molecule has 1 saturated heterocycles. The molecule has 1 amide bonds. The van der Waals surface area contributed by atoms with Gasteiger partial charge in [0.05, 0.1) is 23.4 Å². The van der Waals surface area contributed by atoms with Crippen molar-refractivity contribution >= 4 is 38.3 Å². The third-order valence-corrected chi connectivity index (χ3v) is 5.28. The Morgan fingerprint density at radius 3 is 2.84 bits per heavy atom. The van der Waals surface area contributed by atoms with Crippen LogP contribution in [0.25, 0.3) is 10.2 Å². The highest BCUT2D eigenvalue weighted by molar-refractivity contribution is 7.22. The van der Waals surface area contributed by atoms with Gasteiger partial charge in [-0.05, 0) is 37.3 Å². The molecule has 6 heteroatoms. The summed E-state index contributed by atoms with van der Waals surface area (Å²) >= 11 is 1.65. The summed E-state index contributed by atoms with van der Waals surface area (Å²) in [5.41, 5.74) is 3.48. The quantitative estimate of drug-likeness (QED) is 0.780. The number of amides is 1. The molecule has 1 aromatic heterocycles. The van der Waals surface area contributed by atoms with Gasteiger partial charge in [-0.15, -0.1) is 0 Å². The molecule has 0 atom stereocenters. The van der Waals surface area contributed by atoms with Crippen LogP contribution in [0.4, 0.5) is 10.8 Å². The van der Waals surface area contributed by atoms with Crippen LogP contribution in [0.5, 0.6) is 0 Å². The van der Waals surface area contributed by atoms with Crippen LogP contribution in [-0.4, -0.2) is 37.2 Å². The molecule has 1 aliphatic heterocycles. The second kappa shape index (κ2) is 6.82. The maximum Gasteiger partial charge on any atom is 0.255 e. The molecular formula is C19H19N3O2S. The fraction of sp³-hybridized carbons (Fsp3) is 0.263. The number of nitrogens with zero attached hydrogens (tertiary/aromatic N) is 2. The lowest BCUT2D eigenvalue weighted by Crippen LogP contribution is -2.36. The van der Waals surface area contributed by atoms with Crippen LogP contribution in [0.1, 0.15) is 15.9 Å². The number of benzene rings is 2. The lowest BCUT2D eigenvalue weighted by molar-refractivity contribution is 0.102. The lowest BCUT2D eigenvalue weighted by Gasteiger charge is -2.25. The minimum atomic E-state index is -0.0963. The van der Waals surface area contributed by atoms with Crippen LogP contribution >= 0.6 is 11.3 Å². The number of aromatic nitrogens is 1. The zero-order valence-electron chi connectivity index (χ0n) is 14.0. The smallest absolute Gasteiger partial charge is 0.255 e. The van der Waals surface area contributed by atoms with Crippen molar-refractivity contribution in [1.82, 2.24) is 4.98 Å². The van der Waals surface area contributed by atoms with Gasteiger partial charge in [0.1, 0.15) is 0 Å². The summed E-state index contributed by atoms with van der Waals surface area (Å²) in [6.45, 7) is 5.21. The van der Waals surface area contributed by atoms with Crippen molar-refractivity contribution in [2.75, 3.05) is 36.5 Å². The van der Waals surface area contributed by atoms with Gasteiger partial charge in [-0.2, -0.15) is 0 Å². The Labute approximate surface area is 150 Å². The predicted octanol–water partition coefficient (Wildman–Crippen LogP) is 3.69. The average molecular weight is 353 g/mol. The van der Waals surface area contributed by atoms with Crippen LogP contribution in [-0.2, 0) is 4.74 Å². The van der Waals surface area contributed by atoms with Crippen LogP contribution in [0.2, 0.25) is 0 Å². The number of rotatable bonds is 3. The van der Waals surface area contributed by atoms with Gasteiger partial charge in [0.15, 0.2) is 5.13 Å². The van der Waals surface area contributed by atoms with E-state index in [1.807, 2.05) is 49.4 Å². The Kier molecular flexibility index (Phi) is 4.38. The number of hydrogen-bond donors (Lipinski definition) is 1. The molecule has 0 aliphatic carbocycles. The number of hydrogen-bond acceptors (Lipinski definition) is 5. The largest absolute Gasteiger partial charge is 0.378 e. The van der Waals surface area contributed by atoms with E-state index in [1.165, 1.54) is 0 Å². The topological polar surface area (TPSA) is 54.5 Å². The summed E-state index contributed by atoms with van der Waals surface area (Å²) in [7, 11) is 0. The summed E-state index contributed by atoms with van der Waals surface area (Å²) in [6, 6.07) is 13.4. The summed E-state index contributed by atoms with van der Waals surface area (Å²) in [4.78, 5) is 19.4. The maximum atomic E-state index is 12.4. The Hall–Kier alpha value is -2.44. The first-order valence-corrected chi connectivity index (χ1v) is 9.12. The molecule has 0 bridgehead atoms. The van der Waals surface area contributed by atoms with Crippen molar-refractivity contribution in [3.05, 3.63) is 53.6 Å². The number of fused-ring (bicyclic) bond motifs is 1. The fourth-order valence-corrected chi connectivity index (χ4v) is 3.93.